The van der Waals surface area contributed by atoms with Crippen LogP contribution in [0.3, 0.4) is 0 Å². The van der Waals surface area contributed by atoms with E-state index in [-0.39, 0.29) is 19.1 Å². The molecular weight excluding hydrogens is 378 g/mol. The number of thiazole rings is 1. The Labute approximate surface area is 166 Å². The number of anilines is 2. The number of carbonyl (C=O) groups is 1. The summed E-state index contributed by atoms with van der Waals surface area (Å²) in [5.74, 6) is 1.84. The van der Waals surface area contributed by atoms with Crippen molar-refractivity contribution in [1.29, 1.82) is 0 Å². The molecule has 0 bridgehead atoms. The van der Waals surface area contributed by atoms with Crippen LogP contribution >= 0.6 is 11.3 Å². The predicted molar refractivity (Wildman–Crippen MR) is 105 cm³/mol. The van der Waals surface area contributed by atoms with Crippen LogP contribution in [0.4, 0.5) is 11.1 Å². The van der Waals surface area contributed by atoms with E-state index in [9.17, 15) is 4.79 Å². The second-order valence-corrected chi connectivity index (χ2v) is 7.24. The molecule has 0 spiro atoms. The first-order valence-electron chi connectivity index (χ1n) is 8.74. The van der Waals surface area contributed by atoms with Gasteiger partial charge in [0.25, 0.3) is 0 Å². The number of aryl methyl sites for hydroxylation is 2. The molecule has 0 radical (unpaired) electrons. The predicted octanol–water partition coefficient (Wildman–Crippen LogP) is 2.88. The molecule has 1 amide bonds. The van der Waals surface area contributed by atoms with Crippen molar-refractivity contribution < 1.29 is 14.3 Å². The van der Waals surface area contributed by atoms with E-state index in [4.69, 9.17) is 9.47 Å². The summed E-state index contributed by atoms with van der Waals surface area (Å²) in [6, 6.07) is 7.53. The number of fused-ring (bicyclic) bond motifs is 1. The zero-order valence-electron chi connectivity index (χ0n) is 15.5. The van der Waals surface area contributed by atoms with Crippen LogP contribution in [0.25, 0.3) is 0 Å². The van der Waals surface area contributed by atoms with Crippen molar-refractivity contribution in [2.45, 2.75) is 26.8 Å². The molecule has 4 rings (SSSR count). The van der Waals surface area contributed by atoms with Crippen LogP contribution in [-0.2, 0) is 17.8 Å². The van der Waals surface area contributed by atoms with Crippen LogP contribution < -0.4 is 20.1 Å². The molecule has 8 nitrogen and oxygen atoms in total. The summed E-state index contributed by atoms with van der Waals surface area (Å²) in [4.78, 5) is 25.3. The lowest BCUT2D eigenvalue weighted by atomic mass is 10.2. The molecule has 144 valence electrons. The molecule has 0 unspecified atom stereocenters. The number of hydrogen-bond acceptors (Lipinski definition) is 8. The Morgan fingerprint density at radius 2 is 1.89 bits per heavy atom. The van der Waals surface area contributed by atoms with Crippen molar-refractivity contribution in [3.05, 3.63) is 52.3 Å². The number of nitrogens with zero attached hydrogens (tertiary/aromatic N) is 3. The maximum absolute atomic E-state index is 12.2. The molecule has 3 heterocycles. The summed E-state index contributed by atoms with van der Waals surface area (Å²) in [5.41, 5.74) is 3.41. The molecule has 2 N–H and O–H groups in total. The fraction of sp³-hybridized carbons (Fsp3) is 0.263. The minimum Gasteiger partial charge on any atom is -0.454 e. The van der Waals surface area contributed by atoms with Crippen molar-refractivity contribution in [1.82, 2.24) is 20.3 Å². The Kier molecular flexibility index (Phi) is 5.07. The summed E-state index contributed by atoms with van der Waals surface area (Å²) in [6.07, 6.45) is 0.205. The smallest absolute Gasteiger partial charge is 0.231 e. The quantitative estimate of drug-likeness (QED) is 0.660. The number of amides is 1. The second kappa shape index (κ2) is 7.81. The van der Waals surface area contributed by atoms with Gasteiger partial charge in [0.15, 0.2) is 16.6 Å². The maximum atomic E-state index is 12.2. The summed E-state index contributed by atoms with van der Waals surface area (Å²) in [7, 11) is 0. The van der Waals surface area contributed by atoms with Crippen molar-refractivity contribution in [2.75, 3.05) is 12.1 Å². The van der Waals surface area contributed by atoms with E-state index < -0.39 is 0 Å². The normalized spacial score (nSPS) is 12.1. The number of aromatic nitrogens is 3. The number of ether oxygens (including phenoxy) is 2. The summed E-state index contributed by atoms with van der Waals surface area (Å²) >= 11 is 1.41. The largest absolute Gasteiger partial charge is 0.454 e. The van der Waals surface area contributed by atoms with E-state index in [0.717, 1.165) is 22.7 Å². The lowest BCUT2D eigenvalue weighted by Crippen LogP contribution is -2.24. The van der Waals surface area contributed by atoms with E-state index in [1.807, 2.05) is 43.5 Å². The van der Waals surface area contributed by atoms with E-state index >= 15 is 0 Å². The number of carbonyl (C=O) groups excluding carboxylic acids is 1. The Balaban J connectivity index is 1.31. The van der Waals surface area contributed by atoms with E-state index in [1.54, 1.807) is 0 Å². The monoisotopic (exact) mass is 397 g/mol. The standard InChI is InChI=1S/C19H19N5O3S/c1-11-5-12(2)22-18(21-11)24-19-23-14(9-28-19)7-17(25)20-8-13-3-4-15-16(6-13)27-10-26-15/h3-6,9H,7-8,10H2,1-2H3,(H,20,25)(H,21,22,23,24). The number of rotatable bonds is 6. The zero-order chi connectivity index (χ0) is 19.5. The SMILES string of the molecule is Cc1cc(C)nc(Nc2nc(CC(=O)NCc3ccc4c(c3)OCO4)cs2)n1. The molecule has 0 atom stereocenters. The Morgan fingerprint density at radius 3 is 2.71 bits per heavy atom. The fourth-order valence-corrected chi connectivity index (χ4v) is 3.51. The van der Waals surface area contributed by atoms with Gasteiger partial charge in [-0.15, -0.1) is 11.3 Å². The molecule has 0 saturated heterocycles. The minimum absolute atomic E-state index is 0.0998. The highest BCUT2D eigenvalue weighted by molar-refractivity contribution is 7.13. The molecule has 28 heavy (non-hydrogen) atoms. The molecule has 3 aromatic rings. The van der Waals surface area contributed by atoms with Gasteiger partial charge in [-0.05, 0) is 37.6 Å². The molecule has 0 fully saturated rings. The van der Waals surface area contributed by atoms with Crippen molar-refractivity contribution in [3.8, 4) is 11.5 Å². The third-order valence-corrected chi connectivity index (χ3v) is 4.83. The highest BCUT2D eigenvalue weighted by atomic mass is 32.1. The lowest BCUT2D eigenvalue weighted by Gasteiger charge is -2.05. The number of hydrogen-bond donors (Lipinski definition) is 2. The molecule has 1 aromatic carbocycles. The van der Waals surface area contributed by atoms with Crippen molar-refractivity contribution in [3.63, 3.8) is 0 Å². The summed E-state index contributed by atoms with van der Waals surface area (Å²) in [6.45, 7) is 4.48. The van der Waals surface area contributed by atoms with E-state index in [2.05, 4.69) is 25.6 Å². The fourth-order valence-electron chi connectivity index (χ4n) is 2.80. The highest BCUT2D eigenvalue weighted by Crippen LogP contribution is 2.32. The van der Waals surface area contributed by atoms with E-state index in [1.165, 1.54) is 11.3 Å². The van der Waals surface area contributed by atoms with Gasteiger partial charge >= 0.3 is 0 Å². The Bertz CT molecular complexity index is 1000. The Hall–Kier alpha value is -3.20. The van der Waals surface area contributed by atoms with Crippen LogP contribution in [0.15, 0.2) is 29.6 Å². The number of benzene rings is 1. The van der Waals surface area contributed by atoms with Gasteiger partial charge in [0.05, 0.1) is 12.1 Å². The third-order valence-electron chi connectivity index (χ3n) is 4.02. The molecule has 1 aliphatic rings. The van der Waals surface area contributed by atoms with Crippen LogP contribution in [-0.4, -0.2) is 27.7 Å². The van der Waals surface area contributed by atoms with Crippen LogP contribution in [0.5, 0.6) is 11.5 Å². The maximum Gasteiger partial charge on any atom is 0.231 e. The number of nitrogens with one attached hydrogen (secondary N) is 2. The first-order valence-corrected chi connectivity index (χ1v) is 9.62. The van der Waals surface area contributed by atoms with Crippen molar-refractivity contribution in [2.24, 2.45) is 0 Å². The van der Waals surface area contributed by atoms with E-state index in [0.29, 0.717) is 29.1 Å². The molecule has 1 aliphatic heterocycles. The topological polar surface area (TPSA) is 98.3 Å². The van der Waals surface area contributed by atoms with Gasteiger partial charge in [0.2, 0.25) is 18.6 Å². The van der Waals surface area contributed by atoms with Crippen LogP contribution in [0.2, 0.25) is 0 Å². The van der Waals surface area contributed by atoms with Gasteiger partial charge < -0.3 is 20.1 Å². The van der Waals surface area contributed by atoms with Gasteiger partial charge in [-0.25, -0.2) is 15.0 Å². The van der Waals surface area contributed by atoms with Gasteiger partial charge in [0, 0.05) is 23.3 Å². The zero-order valence-corrected chi connectivity index (χ0v) is 16.3. The molecular formula is C19H19N5O3S. The first kappa shape index (κ1) is 18.2. The van der Waals surface area contributed by atoms with Gasteiger partial charge in [0.1, 0.15) is 0 Å². The van der Waals surface area contributed by atoms with Gasteiger partial charge in [-0.3, -0.25) is 4.79 Å². The molecule has 0 saturated carbocycles. The van der Waals surface area contributed by atoms with Crippen LogP contribution in [0.1, 0.15) is 22.6 Å². The first-order chi connectivity index (χ1) is 13.5. The average molecular weight is 397 g/mol. The second-order valence-electron chi connectivity index (χ2n) is 6.38. The average Bonchev–Trinajstić information content (AvgIpc) is 3.28. The van der Waals surface area contributed by atoms with Gasteiger partial charge in [-0.1, -0.05) is 6.07 Å². The van der Waals surface area contributed by atoms with Crippen LogP contribution in [0, 0.1) is 13.8 Å². The third kappa shape index (κ3) is 4.37. The lowest BCUT2D eigenvalue weighted by molar-refractivity contribution is -0.120. The molecule has 0 aliphatic carbocycles. The van der Waals surface area contributed by atoms with Gasteiger partial charge in [-0.2, -0.15) is 0 Å². The van der Waals surface area contributed by atoms with Crippen molar-refractivity contribution >= 4 is 28.3 Å². The Morgan fingerprint density at radius 1 is 1.11 bits per heavy atom. The summed E-state index contributed by atoms with van der Waals surface area (Å²) < 4.78 is 10.6. The molecule has 9 heteroatoms. The highest BCUT2D eigenvalue weighted by Gasteiger charge is 2.14. The molecule has 2 aromatic heterocycles. The minimum atomic E-state index is -0.0998. The summed E-state index contributed by atoms with van der Waals surface area (Å²) in [5, 5.41) is 8.49.